The molecule has 0 radical (unpaired) electrons. The predicted molar refractivity (Wildman–Crippen MR) is 180 cm³/mol. The van der Waals surface area contributed by atoms with E-state index in [1.54, 1.807) is 33.2 Å². The second-order valence-electron chi connectivity index (χ2n) is 13.8. The Morgan fingerprint density at radius 1 is 0.936 bits per heavy atom. The van der Waals surface area contributed by atoms with Crippen LogP contribution in [0.1, 0.15) is 58.6 Å². The lowest BCUT2D eigenvalue weighted by Gasteiger charge is -2.38. The molecule has 0 saturated carbocycles. The highest BCUT2D eigenvalue weighted by molar-refractivity contribution is 7.18. The van der Waals surface area contributed by atoms with Crippen molar-refractivity contribution < 1.29 is 31.9 Å². The molecule has 0 bridgehead atoms. The molecule has 0 aliphatic heterocycles. The van der Waals surface area contributed by atoms with Gasteiger partial charge in [-0.3, -0.25) is 15.1 Å². The van der Waals surface area contributed by atoms with E-state index >= 15 is 0 Å². The second kappa shape index (κ2) is 13.7. The van der Waals surface area contributed by atoms with Gasteiger partial charge in [0.25, 0.3) is 0 Å². The number of alkyl carbamates (subject to hydrolysis) is 1. The Bertz CT molecular complexity index is 1720. The molecule has 2 N–H and O–H groups in total. The van der Waals surface area contributed by atoms with Crippen LogP contribution in [0.4, 0.5) is 23.1 Å². The summed E-state index contributed by atoms with van der Waals surface area (Å²) < 4.78 is 52.3. The fraction of sp³-hybridized carbons (Fsp3) is 0.424. The Morgan fingerprint density at radius 2 is 1.62 bits per heavy atom. The first kappa shape index (κ1) is 36.0. The van der Waals surface area contributed by atoms with Crippen LogP contribution in [-0.4, -0.2) is 53.7 Å². The van der Waals surface area contributed by atoms with Crippen molar-refractivity contribution in [1.82, 2.24) is 20.5 Å². The van der Waals surface area contributed by atoms with Crippen LogP contribution in [0, 0.1) is 0 Å². The van der Waals surface area contributed by atoms with Gasteiger partial charge in [-0.25, -0.2) is 4.79 Å². The number of rotatable bonds is 9. The number of alkyl halides is 3. The van der Waals surface area contributed by atoms with Crippen molar-refractivity contribution in [1.29, 1.82) is 0 Å². The molecule has 0 fully saturated rings. The Kier molecular flexibility index (Phi) is 10.5. The number of nitrogens with one attached hydrogen (secondary N) is 2. The number of hydrogen-bond acceptors (Lipinski definition) is 8. The van der Waals surface area contributed by atoms with Gasteiger partial charge in [0.1, 0.15) is 16.7 Å². The molecule has 2 amide bonds. The Hall–Kier alpha value is -3.88. The number of benzene rings is 2. The number of carbonyl (C=O) groups is 2. The standard InChI is InChI=1S/C33H40F3N5O4SSi/c1-31(2,3)45-30(43)38-26(25(19-44-47(7,8)32(4,5)6)20-11-13-24(14-12-20)33(34,35)36)27(42)39-29-41-40-28(46-29)22-9-10-23-18-37-16-15-21(23)17-22/h9-18,25-26H,19H2,1-8H3,(H,38,43)(H,39,41,42)/t25-,26-/m0/s1. The van der Waals surface area contributed by atoms with E-state index in [2.05, 4.69) is 46.6 Å². The minimum absolute atomic E-state index is 0.0525. The third-order valence-electron chi connectivity index (χ3n) is 8.00. The first-order chi connectivity index (χ1) is 21.7. The minimum atomic E-state index is -4.55. The van der Waals surface area contributed by atoms with Gasteiger partial charge in [-0.2, -0.15) is 13.2 Å². The summed E-state index contributed by atoms with van der Waals surface area (Å²) in [7, 11) is -2.41. The monoisotopic (exact) mass is 687 g/mol. The number of nitrogens with zero attached hydrogens (tertiary/aromatic N) is 3. The maximum absolute atomic E-state index is 14.0. The number of ether oxygens (including phenoxy) is 1. The summed E-state index contributed by atoms with van der Waals surface area (Å²) in [5, 5.41) is 16.3. The predicted octanol–water partition coefficient (Wildman–Crippen LogP) is 8.41. The third kappa shape index (κ3) is 9.36. The van der Waals surface area contributed by atoms with Crippen molar-refractivity contribution in [2.24, 2.45) is 0 Å². The first-order valence-electron chi connectivity index (χ1n) is 15.0. The molecule has 0 aliphatic rings. The van der Waals surface area contributed by atoms with E-state index in [-0.39, 0.29) is 16.8 Å². The Balaban J connectivity index is 1.69. The van der Waals surface area contributed by atoms with Gasteiger partial charge in [0.05, 0.1) is 5.56 Å². The van der Waals surface area contributed by atoms with Gasteiger partial charge in [-0.1, -0.05) is 56.4 Å². The van der Waals surface area contributed by atoms with E-state index < -0.39 is 49.6 Å². The number of carbonyl (C=O) groups excluding carboxylic acids is 2. The molecule has 14 heteroatoms. The molecule has 0 aliphatic carbocycles. The van der Waals surface area contributed by atoms with Crippen molar-refractivity contribution in [3.8, 4) is 10.6 Å². The summed E-state index contributed by atoms with van der Waals surface area (Å²) in [6.45, 7) is 15.2. The number of amides is 2. The summed E-state index contributed by atoms with van der Waals surface area (Å²) in [5.41, 5.74) is -0.554. The van der Waals surface area contributed by atoms with E-state index in [0.29, 0.717) is 10.6 Å². The second-order valence-corrected chi connectivity index (χ2v) is 19.5. The van der Waals surface area contributed by atoms with E-state index in [1.165, 1.54) is 12.1 Å². The van der Waals surface area contributed by atoms with Crippen LogP contribution in [0.2, 0.25) is 18.1 Å². The number of anilines is 1. The number of hydrogen-bond donors (Lipinski definition) is 2. The average Bonchev–Trinajstić information content (AvgIpc) is 3.43. The molecule has 4 aromatic rings. The van der Waals surface area contributed by atoms with Crippen molar-refractivity contribution in [2.75, 3.05) is 11.9 Å². The minimum Gasteiger partial charge on any atom is -0.444 e. The summed E-state index contributed by atoms with van der Waals surface area (Å²) in [5.74, 6) is -1.55. The van der Waals surface area contributed by atoms with Crippen LogP contribution in [-0.2, 0) is 20.1 Å². The fourth-order valence-electron chi connectivity index (χ4n) is 4.39. The van der Waals surface area contributed by atoms with Crippen LogP contribution < -0.4 is 10.6 Å². The van der Waals surface area contributed by atoms with E-state index in [1.807, 2.05) is 37.4 Å². The summed E-state index contributed by atoms with van der Waals surface area (Å²) >= 11 is 1.14. The lowest BCUT2D eigenvalue weighted by atomic mass is 9.90. The molecule has 2 aromatic carbocycles. The zero-order chi connectivity index (χ0) is 34.8. The van der Waals surface area contributed by atoms with Crippen molar-refractivity contribution in [2.45, 2.75) is 83.4 Å². The molecule has 0 saturated heterocycles. The van der Waals surface area contributed by atoms with Gasteiger partial charge in [-0.15, -0.1) is 10.2 Å². The summed E-state index contributed by atoms with van der Waals surface area (Å²) in [4.78, 5) is 31.2. The van der Waals surface area contributed by atoms with Gasteiger partial charge < -0.3 is 14.5 Å². The number of halogens is 3. The first-order valence-corrected chi connectivity index (χ1v) is 18.8. The largest absolute Gasteiger partial charge is 0.444 e. The van der Waals surface area contributed by atoms with E-state index in [9.17, 15) is 22.8 Å². The third-order valence-corrected chi connectivity index (χ3v) is 13.4. The average molecular weight is 688 g/mol. The van der Waals surface area contributed by atoms with Crippen molar-refractivity contribution >= 4 is 47.6 Å². The Labute approximate surface area is 277 Å². The summed E-state index contributed by atoms with van der Waals surface area (Å²) in [6.07, 6.45) is -1.97. The molecule has 2 heterocycles. The molecule has 0 unspecified atom stereocenters. The zero-order valence-corrected chi connectivity index (χ0v) is 29.5. The molecule has 0 spiro atoms. The fourth-order valence-corrected chi connectivity index (χ4v) is 6.16. The highest BCUT2D eigenvalue weighted by Crippen LogP contribution is 2.38. The summed E-state index contributed by atoms with van der Waals surface area (Å²) in [6, 6.07) is 10.8. The highest BCUT2D eigenvalue weighted by Gasteiger charge is 2.41. The topological polar surface area (TPSA) is 115 Å². The molecule has 47 heavy (non-hydrogen) atoms. The zero-order valence-electron chi connectivity index (χ0n) is 27.7. The van der Waals surface area contributed by atoms with Crippen LogP contribution >= 0.6 is 11.3 Å². The smallest absolute Gasteiger partial charge is 0.416 e. The number of aromatic nitrogens is 3. The highest BCUT2D eigenvalue weighted by atomic mass is 32.1. The van der Waals surface area contributed by atoms with Gasteiger partial charge in [0.2, 0.25) is 11.0 Å². The number of fused-ring (bicyclic) bond motifs is 1. The maximum Gasteiger partial charge on any atom is 0.416 e. The van der Waals surface area contributed by atoms with E-state index in [0.717, 1.165) is 39.8 Å². The van der Waals surface area contributed by atoms with Gasteiger partial charge in [-0.05, 0) is 74.1 Å². The van der Waals surface area contributed by atoms with Crippen molar-refractivity contribution in [3.05, 3.63) is 72.1 Å². The van der Waals surface area contributed by atoms with Crippen LogP contribution in [0.3, 0.4) is 0 Å². The Morgan fingerprint density at radius 3 is 2.23 bits per heavy atom. The lowest BCUT2D eigenvalue weighted by Crippen LogP contribution is -2.51. The lowest BCUT2D eigenvalue weighted by molar-refractivity contribution is -0.137. The number of pyridine rings is 1. The molecule has 2 aromatic heterocycles. The van der Waals surface area contributed by atoms with Gasteiger partial charge in [0, 0.05) is 35.9 Å². The quantitative estimate of drug-likeness (QED) is 0.170. The van der Waals surface area contributed by atoms with Crippen LogP contribution in [0.25, 0.3) is 21.3 Å². The normalized spacial score (nSPS) is 14.0. The SMILES string of the molecule is CC(C)(C)OC(=O)N[C@H](C(=O)Nc1nnc(-c2ccc3cnccc3c2)s1)[C@@H](CO[Si](C)(C)C(C)(C)C)c1ccc(C(F)(F)F)cc1. The van der Waals surface area contributed by atoms with Crippen molar-refractivity contribution in [3.63, 3.8) is 0 Å². The molecule has 2 atom stereocenters. The molecule has 252 valence electrons. The van der Waals surface area contributed by atoms with Gasteiger partial charge in [0.15, 0.2) is 8.32 Å². The van der Waals surface area contributed by atoms with Gasteiger partial charge >= 0.3 is 12.3 Å². The molecule has 4 rings (SSSR count). The molecule has 9 nitrogen and oxygen atoms in total. The van der Waals surface area contributed by atoms with E-state index in [4.69, 9.17) is 9.16 Å². The van der Waals surface area contributed by atoms with Crippen LogP contribution in [0.5, 0.6) is 0 Å². The maximum atomic E-state index is 14.0. The van der Waals surface area contributed by atoms with Crippen LogP contribution in [0.15, 0.2) is 60.9 Å². The molecular weight excluding hydrogens is 648 g/mol. The molecular formula is C33H40F3N5O4SSi.